The van der Waals surface area contributed by atoms with Gasteiger partial charge in [0.1, 0.15) is 0 Å². The van der Waals surface area contributed by atoms with Crippen molar-refractivity contribution in [1.29, 1.82) is 0 Å². The van der Waals surface area contributed by atoms with Gasteiger partial charge in [-0.3, -0.25) is 4.90 Å². The normalized spacial score (nSPS) is 29.2. The monoisotopic (exact) mass is 280 g/mol. The first kappa shape index (κ1) is 16.8. The van der Waals surface area contributed by atoms with Crippen LogP contribution in [0.2, 0.25) is 0 Å². The van der Waals surface area contributed by atoms with Crippen LogP contribution in [0.15, 0.2) is 0 Å². The Balaban J connectivity index is 2.74. The van der Waals surface area contributed by atoms with Crippen LogP contribution in [0.25, 0.3) is 0 Å². The van der Waals surface area contributed by atoms with Crippen molar-refractivity contribution in [1.82, 2.24) is 4.90 Å². The number of nitrogens with zero attached hydrogens (tertiary/aromatic N) is 1. The molecular weight excluding hydrogens is 253 g/mol. The van der Waals surface area contributed by atoms with E-state index in [1.165, 1.54) is 0 Å². The molecule has 2 N–H and O–H groups in total. The summed E-state index contributed by atoms with van der Waals surface area (Å²) >= 11 is 0. The second kappa shape index (κ2) is 6.93. The van der Waals surface area contributed by atoms with Gasteiger partial charge in [0, 0.05) is 12.1 Å². The molecule has 0 amide bonds. The summed E-state index contributed by atoms with van der Waals surface area (Å²) in [5.74, 6) is 1.02. The maximum absolute atomic E-state index is 12.7. The molecule has 0 aromatic heterocycles. The minimum Gasteiger partial charge on any atom is -0.326 e. The van der Waals surface area contributed by atoms with E-state index >= 15 is 0 Å². The van der Waals surface area contributed by atoms with Gasteiger partial charge in [0.25, 0.3) is 0 Å². The summed E-state index contributed by atoms with van der Waals surface area (Å²) in [6, 6.07) is -0.244. The molecule has 0 spiro atoms. The van der Waals surface area contributed by atoms with Crippen LogP contribution in [0, 0.1) is 11.8 Å². The first-order valence-electron chi connectivity index (χ1n) is 7.31. The van der Waals surface area contributed by atoms with Gasteiger partial charge in [0.2, 0.25) is 0 Å². The van der Waals surface area contributed by atoms with Gasteiger partial charge in [0.15, 0.2) is 0 Å². The smallest absolute Gasteiger partial charge is 0.326 e. The molecule has 1 saturated carbocycles. The van der Waals surface area contributed by atoms with E-state index in [4.69, 9.17) is 5.73 Å². The molecule has 0 aromatic rings. The van der Waals surface area contributed by atoms with E-state index in [-0.39, 0.29) is 12.1 Å². The van der Waals surface area contributed by atoms with Crippen molar-refractivity contribution >= 4 is 0 Å². The van der Waals surface area contributed by atoms with E-state index in [9.17, 15) is 13.2 Å². The summed E-state index contributed by atoms with van der Waals surface area (Å²) in [7, 11) is 0. The average Bonchev–Trinajstić information content (AvgIpc) is 2.27. The zero-order valence-corrected chi connectivity index (χ0v) is 12.2. The SMILES string of the molecule is CCCN(CC(F)(F)F)C1CC(C(C)C)CCC1N. The predicted molar refractivity (Wildman–Crippen MR) is 71.9 cm³/mol. The van der Waals surface area contributed by atoms with E-state index in [0.717, 1.165) is 25.7 Å². The first-order chi connectivity index (χ1) is 8.74. The zero-order chi connectivity index (χ0) is 14.6. The van der Waals surface area contributed by atoms with Gasteiger partial charge in [0.05, 0.1) is 6.54 Å². The van der Waals surface area contributed by atoms with Crippen molar-refractivity contribution in [2.24, 2.45) is 17.6 Å². The topological polar surface area (TPSA) is 29.3 Å². The maximum Gasteiger partial charge on any atom is 0.401 e. The molecule has 114 valence electrons. The van der Waals surface area contributed by atoms with Gasteiger partial charge >= 0.3 is 6.18 Å². The van der Waals surface area contributed by atoms with Gasteiger partial charge in [-0.25, -0.2) is 0 Å². The molecule has 0 heterocycles. The highest BCUT2D eigenvalue weighted by Gasteiger charge is 2.38. The van der Waals surface area contributed by atoms with Gasteiger partial charge in [-0.1, -0.05) is 20.8 Å². The van der Waals surface area contributed by atoms with Crippen molar-refractivity contribution < 1.29 is 13.2 Å². The van der Waals surface area contributed by atoms with Crippen molar-refractivity contribution in [3.05, 3.63) is 0 Å². The molecule has 5 heteroatoms. The first-order valence-corrected chi connectivity index (χ1v) is 7.31. The largest absolute Gasteiger partial charge is 0.401 e. The molecule has 0 bridgehead atoms. The Hall–Kier alpha value is -0.290. The lowest BCUT2D eigenvalue weighted by Crippen LogP contribution is -2.54. The number of hydrogen-bond acceptors (Lipinski definition) is 2. The van der Waals surface area contributed by atoms with Gasteiger partial charge in [-0.05, 0) is 44.1 Å². The number of alkyl halides is 3. The van der Waals surface area contributed by atoms with Crippen molar-refractivity contribution in [2.45, 2.75) is 64.7 Å². The molecular formula is C14H27F3N2. The van der Waals surface area contributed by atoms with Crippen LogP contribution in [0.3, 0.4) is 0 Å². The Morgan fingerprint density at radius 3 is 2.37 bits per heavy atom. The molecule has 0 aliphatic heterocycles. The van der Waals surface area contributed by atoms with Gasteiger partial charge in [-0.2, -0.15) is 13.2 Å². The third-order valence-corrected chi connectivity index (χ3v) is 4.21. The van der Waals surface area contributed by atoms with Crippen molar-refractivity contribution in [3.8, 4) is 0 Å². The highest BCUT2D eigenvalue weighted by atomic mass is 19.4. The zero-order valence-electron chi connectivity index (χ0n) is 12.2. The van der Waals surface area contributed by atoms with Crippen LogP contribution in [0.4, 0.5) is 13.2 Å². The van der Waals surface area contributed by atoms with Crippen molar-refractivity contribution in [3.63, 3.8) is 0 Å². The maximum atomic E-state index is 12.7. The Bertz CT molecular complexity index is 266. The second-order valence-electron chi connectivity index (χ2n) is 6.13. The molecule has 1 rings (SSSR count). The number of rotatable bonds is 5. The Labute approximate surface area is 114 Å². The lowest BCUT2D eigenvalue weighted by atomic mass is 9.76. The van der Waals surface area contributed by atoms with Crippen molar-refractivity contribution in [2.75, 3.05) is 13.1 Å². The summed E-state index contributed by atoms with van der Waals surface area (Å²) in [6.07, 6.45) is -0.729. The lowest BCUT2D eigenvalue weighted by Gasteiger charge is -2.42. The minimum atomic E-state index is -4.14. The molecule has 0 saturated heterocycles. The molecule has 3 atom stereocenters. The molecule has 1 aliphatic carbocycles. The fraction of sp³-hybridized carbons (Fsp3) is 1.00. The standard InChI is InChI=1S/C14H27F3N2/c1-4-7-19(9-14(15,16)17)13-8-11(10(2)3)5-6-12(13)18/h10-13H,4-9,18H2,1-3H3. The highest BCUT2D eigenvalue weighted by Crippen LogP contribution is 2.33. The molecule has 0 radical (unpaired) electrons. The number of halogens is 3. The molecule has 19 heavy (non-hydrogen) atoms. The molecule has 1 aliphatic rings. The minimum absolute atomic E-state index is 0.121. The molecule has 1 fully saturated rings. The van der Waals surface area contributed by atoms with E-state index in [1.54, 1.807) is 4.90 Å². The van der Waals surface area contributed by atoms with Gasteiger partial charge in [-0.15, -0.1) is 0 Å². The third-order valence-electron chi connectivity index (χ3n) is 4.21. The van der Waals surface area contributed by atoms with E-state index in [1.807, 2.05) is 6.92 Å². The number of nitrogens with two attached hydrogens (primary N) is 1. The number of hydrogen-bond donors (Lipinski definition) is 1. The Kier molecular flexibility index (Phi) is 6.12. The Morgan fingerprint density at radius 2 is 1.89 bits per heavy atom. The van der Waals surface area contributed by atoms with Crippen LogP contribution >= 0.6 is 0 Å². The molecule has 3 unspecified atom stereocenters. The summed E-state index contributed by atoms with van der Waals surface area (Å²) < 4.78 is 38.1. The Morgan fingerprint density at radius 1 is 1.26 bits per heavy atom. The van der Waals surface area contributed by atoms with E-state index < -0.39 is 12.7 Å². The highest BCUT2D eigenvalue weighted by molar-refractivity contribution is 4.90. The quantitative estimate of drug-likeness (QED) is 0.836. The third kappa shape index (κ3) is 5.30. The van der Waals surface area contributed by atoms with Crippen LogP contribution in [-0.2, 0) is 0 Å². The van der Waals surface area contributed by atoms with Crippen LogP contribution < -0.4 is 5.73 Å². The summed E-state index contributed by atoms with van der Waals surface area (Å²) in [4.78, 5) is 1.55. The van der Waals surface area contributed by atoms with E-state index in [2.05, 4.69) is 13.8 Å². The summed E-state index contributed by atoms with van der Waals surface area (Å²) in [6.45, 7) is 5.85. The van der Waals surface area contributed by atoms with Crippen LogP contribution in [0.1, 0.15) is 46.5 Å². The molecule has 2 nitrogen and oxygen atoms in total. The fourth-order valence-electron chi connectivity index (χ4n) is 3.11. The lowest BCUT2D eigenvalue weighted by molar-refractivity contribution is -0.154. The fourth-order valence-corrected chi connectivity index (χ4v) is 3.11. The summed E-state index contributed by atoms with van der Waals surface area (Å²) in [5, 5.41) is 0. The summed E-state index contributed by atoms with van der Waals surface area (Å²) in [5.41, 5.74) is 6.08. The van der Waals surface area contributed by atoms with E-state index in [0.29, 0.717) is 18.4 Å². The second-order valence-corrected chi connectivity index (χ2v) is 6.13. The predicted octanol–water partition coefficient (Wildman–Crippen LogP) is 3.41. The van der Waals surface area contributed by atoms with Crippen LogP contribution in [0.5, 0.6) is 0 Å². The van der Waals surface area contributed by atoms with Crippen LogP contribution in [-0.4, -0.2) is 36.2 Å². The van der Waals surface area contributed by atoms with Gasteiger partial charge < -0.3 is 5.73 Å². The molecule has 0 aromatic carbocycles. The average molecular weight is 280 g/mol.